The van der Waals surface area contributed by atoms with Crippen LogP contribution in [0.15, 0.2) is 12.2 Å². The van der Waals surface area contributed by atoms with E-state index in [4.69, 9.17) is 16.3 Å². The number of allylic oxidation sites excluding steroid dienone is 1. The van der Waals surface area contributed by atoms with Gasteiger partial charge in [-0.3, -0.25) is 0 Å². The summed E-state index contributed by atoms with van der Waals surface area (Å²) in [6.07, 6.45) is 6.54. The number of rotatable bonds is 5. The van der Waals surface area contributed by atoms with Gasteiger partial charge in [-0.15, -0.1) is 11.6 Å². The summed E-state index contributed by atoms with van der Waals surface area (Å²) in [5, 5.41) is 3.36. The molecule has 0 spiro atoms. The molecule has 0 aromatic rings. The first kappa shape index (κ1) is 11.0. The fourth-order valence-corrected chi connectivity index (χ4v) is 1.61. The second-order valence-corrected chi connectivity index (χ2v) is 3.68. The highest BCUT2D eigenvalue weighted by Crippen LogP contribution is 2.11. The average molecular weight is 204 g/mol. The molecule has 1 unspecified atom stereocenters. The Labute approximate surface area is 85.3 Å². The quantitative estimate of drug-likeness (QED) is 0.418. The Morgan fingerprint density at radius 3 is 3.08 bits per heavy atom. The maximum Gasteiger partial charge on any atom is 0.0506 e. The third-order valence-corrected chi connectivity index (χ3v) is 2.38. The Hall–Kier alpha value is -0.0500. The van der Waals surface area contributed by atoms with Crippen molar-refractivity contribution in [2.24, 2.45) is 5.92 Å². The van der Waals surface area contributed by atoms with E-state index >= 15 is 0 Å². The van der Waals surface area contributed by atoms with Crippen LogP contribution >= 0.6 is 11.6 Å². The van der Waals surface area contributed by atoms with Crippen molar-refractivity contribution in [3.63, 3.8) is 0 Å². The zero-order chi connectivity index (χ0) is 9.36. The molecule has 1 aliphatic rings. The molecule has 0 aliphatic carbocycles. The molecule has 0 bridgehead atoms. The van der Waals surface area contributed by atoms with Crippen LogP contribution in [-0.2, 0) is 4.74 Å². The van der Waals surface area contributed by atoms with Crippen LogP contribution < -0.4 is 5.32 Å². The molecule has 1 fully saturated rings. The maximum absolute atomic E-state index is 5.49. The van der Waals surface area contributed by atoms with Crippen molar-refractivity contribution < 1.29 is 4.74 Å². The first-order valence-electron chi connectivity index (χ1n) is 4.93. The molecule has 0 aromatic heterocycles. The van der Waals surface area contributed by atoms with Crippen molar-refractivity contribution in [2.75, 3.05) is 32.2 Å². The summed E-state index contributed by atoms with van der Waals surface area (Å²) >= 11 is 5.49. The summed E-state index contributed by atoms with van der Waals surface area (Å²) in [7, 11) is 0. The van der Waals surface area contributed by atoms with E-state index in [2.05, 4.69) is 11.4 Å². The normalized spacial score (nSPS) is 23.9. The lowest BCUT2D eigenvalue weighted by molar-refractivity contribution is 0.0552. The van der Waals surface area contributed by atoms with Crippen LogP contribution in [-0.4, -0.2) is 32.2 Å². The molecule has 1 atom stereocenters. The molecule has 1 N–H and O–H groups in total. The van der Waals surface area contributed by atoms with Gasteiger partial charge in [0.25, 0.3) is 0 Å². The molecule has 1 aliphatic heterocycles. The topological polar surface area (TPSA) is 21.3 Å². The molecule has 0 saturated carbocycles. The van der Waals surface area contributed by atoms with Gasteiger partial charge in [0.1, 0.15) is 0 Å². The Kier molecular flexibility index (Phi) is 6.25. The van der Waals surface area contributed by atoms with Crippen molar-refractivity contribution >= 4 is 11.6 Å². The molecule has 0 amide bonds. The predicted molar refractivity (Wildman–Crippen MR) is 56.3 cm³/mol. The highest BCUT2D eigenvalue weighted by Gasteiger charge is 2.12. The van der Waals surface area contributed by atoms with Crippen LogP contribution in [0.1, 0.15) is 12.8 Å². The van der Waals surface area contributed by atoms with Crippen LogP contribution in [0.3, 0.4) is 0 Å². The lowest BCUT2D eigenvalue weighted by atomic mass is 10.0. The second kappa shape index (κ2) is 7.36. The van der Waals surface area contributed by atoms with Gasteiger partial charge in [0.2, 0.25) is 0 Å². The van der Waals surface area contributed by atoms with E-state index in [1.54, 1.807) is 0 Å². The highest BCUT2D eigenvalue weighted by atomic mass is 35.5. The highest BCUT2D eigenvalue weighted by molar-refractivity contribution is 6.18. The minimum absolute atomic E-state index is 0.605. The summed E-state index contributed by atoms with van der Waals surface area (Å²) in [6, 6.07) is 0. The monoisotopic (exact) mass is 203 g/mol. The summed E-state index contributed by atoms with van der Waals surface area (Å²) < 4.78 is 5.38. The van der Waals surface area contributed by atoms with Crippen molar-refractivity contribution in [1.82, 2.24) is 5.32 Å². The Morgan fingerprint density at radius 2 is 2.38 bits per heavy atom. The number of halogens is 1. The molecule has 0 radical (unpaired) electrons. The summed E-state index contributed by atoms with van der Waals surface area (Å²) in [5.41, 5.74) is 0. The molecular weight excluding hydrogens is 186 g/mol. The SMILES string of the molecule is ClC/C=C/CNCC1CCCOC1. The molecule has 13 heavy (non-hydrogen) atoms. The third kappa shape index (κ3) is 5.29. The van der Waals surface area contributed by atoms with Gasteiger partial charge in [0.05, 0.1) is 6.61 Å². The molecule has 1 saturated heterocycles. The Balaban J connectivity index is 1.95. The molecular formula is C10H18ClNO. The van der Waals surface area contributed by atoms with Gasteiger partial charge in [-0.05, 0) is 18.8 Å². The summed E-state index contributed by atoms with van der Waals surface area (Å²) in [6.45, 7) is 3.85. The fraction of sp³-hybridized carbons (Fsp3) is 0.800. The molecule has 3 heteroatoms. The third-order valence-electron chi connectivity index (χ3n) is 2.21. The number of ether oxygens (including phenoxy) is 1. The standard InChI is InChI=1S/C10H18ClNO/c11-5-1-2-6-12-8-10-4-3-7-13-9-10/h1-2,10,12H,3-9H2/b2-1+. The zero-order valence-corrected chi connectivity index (χ0v) is 8.72. The van der Waals surface area contributed by atoms with Gasteiger partial charge in [-0.2, -0.15) is 0 Å². The van der Waals surface area contributed by atoms with Gasteiger partial charge in [-0.1, -0.05) is 12.2 Å². The molecule has 76 valence electrons. The molecule has 2 nitrogen and oxygen atoms in total. The van der Waals surface area contributed by atoms with E-state index < -0.39 is 0 Å². The van der Waals surface area contributed by atoms with Crippen LogP contribution in [0.25, 0.3) is 0 Å². The van der Waals surface area contributed by atoms with E-state index in [0.717, 1.165) is 26.3 Å². The first-order valence-corrected chi connectivity index (χ1v) is 5.46. The molecule has 0 aromatic carbocycles. The van der Waals surface area contributed by atoms with Crippen LogP contribution in [0.4, 0.5) is 0 Å². The molecule has 1 rings (SSSR count). The smallest absolute Gasteiger partial charge is 0.0506 e. The minimum Gasteiger partial charge on any atom is -0.381 e. The average Bonchev–Trinajstić information content (AvgIpc) is 2.19. The number of alkyl halides is 1. The van der Waals surface area contributed by atoms with Crippen LogP contribution in [0, 0.1) is 5.92 Å². The van der Waals surface area contributed by atoms with Gasteiger partial charge in [0.15, 0.2) is 0 Å². The maximum atomic E-state index is 5.49. The lowest BCUT2D eigenvalue weighted by Gasteiger charge is -2.21. The van der Waals surface area contributed by atoms with Gasteiger partial charge in [0, 0.05) is 25.6 Å². The van der Waals surface area contributed by atoms with Crippen LogP contribution in [0.5, 0.6) is 0 Å². The first-order chi connectivity index (χ1) is 6.43. The second-order valence-electron chi connectivity index (χ2n) is 3.37. The van der Waals surface area contributed by atoms with Crippen molar-refractivity contribution in [3.8, 4) is 0 Å². The summed E-state index contributed by atoms with van der Waals surface area (Å²) in [5.74, 6) is 1.31. The number of nitrogens with one attached hydrogen (secondary N) is 1. The predicted octanol–water partition coefficient (Wildman–Crippen LogP) is 1.80. The molecule has 1 heterocycles. The van der Waals surface area contributed by atoms with E-state index in [0.29, 0.717) is 11.8 Å². The fourth-order valence-electron chi connectivity index (χ4n) is 1.49. The Bertz CT molecular complexity index is 144. The van der Waals surface area contributed by atoms with E-state index in [1.807, 2.05) is 6.08 Å². The van der Waals surface area contributed by atoms with Crippen LogP contribution in [0.2, 0.25) is 0 Å². The van der Waals surface area contributed by atoms with Crippen molar-refractivity contribution in [3.05, 3.63) is 12.2 Å². The Morgan fingerprint density at radius 1 is 1.46 bits per heavy atom. The van der Waals surface area contributed by atoms with E-state index in [-0.39, 0.29) is 0 Å². The van der Waals surface area contributed by atoms with Gasteiger partial charge in [-0.25, -0.2) is 0 Å². The number of hydrogen-bond acceptors (Lipinski definition) is 2. The van der Waals surface area contributed by atoms with Crippen molar-refractivity contribution in [2.45, 2.75) is 12.8 Å². The lowest BCUT2D eigenvalue weighted by Crippen LogP contribution is -2.29. The van der Waals surface area contributed by atoms with Crippen molar-refractivity contribution in [1.29, 1.82) is 0 Å². The largest absolute Gasteiger partial charge is 0.381 e. The van der Waals surface area contributed by atoms with E-state index in [9.17, 15) is 0 Å². The minimum atomic E-state index is 0.605. The summed E-state index contributed by atoms with van der Waals surface area (Å²) in [4.78, 5) is 0. The number of hydrogen-bond donors (Lipinski definition) is 1. The van der Waals surface area contributed by atoms with Gasteiger partial charge >= 0.3 is 0 Å². The zero-order valence-electron chi connectivity index (χ0n) is 7.97. The van der Waals surface area contributed by atoms with E-state index in [1.165, 1.54) is 12.8 Å². The van der Waals surface area contributed by atoms with Gasteiger partial charge < -0.3 is 10.1 Å².